The van der Waals surface area contributed by atoms with Gasteiger partial charge >= 0.3 is 5.69 Å². The molecule has 0 radical (unpaired) electrons. The average molecular weight is 528 g/mol. The minimum absolute atomic E-state index is 0.109. The molecule has 0 saturated carbocycles. The van der Waals surface area contributed by atoms with E-state index in [1.54, 1.807) is 18.7 Å². The molecule has 7 heteroatoms. The average Bonchev–Trinajstić information content (AvgIpc) is 2.95. The van der Waals surface area contributed by atoms with Crippen LogP contribution in [0.4, 0.5) is 0 Å². The quantitative estimate of drug-likeness (QED) is 0.284. The van der Waals surface area contributed by atoms with Crippen molar-refractivity contribution < 1.29 is 4.79 Å². The minimum atomic E-state index is -0.573. The summed E-state index contributed by atoms with van der Waals surface area (Å²) >= 11 is 1.80. The highest BCUT2D eigenvalue weighted by atomic mass is 32.2. The van der Waals surface area contributed by atoms with Crippen molar-refractivity contribution in [3.05, 3.63) is 140 Å². The normalized spacial score (nSPS) is 11.3. The first kappa shape index (κ1) is 27.2. The molecule has 0 aliphatic heterocycles. The summed E-state index contributed by atoms with van der Waals surface area (Å²) in [4.78, 5) is 41.4. The first-order chi connectivity index (χ1) is 18.5. The highest BCUT2D eigenvalue weighted by molar-refractivity contribution is 8.00. The predicted molar refractivity (Wildman–Crippen MR) is 155 cm³/mol. The number of hydrogen-bond donors (Lipinski definition) is 1. The Labute approximate surface area is 227 Å². The van der Waals surface area contributed by atoms with Gasteiger partial charge in [-0.25, -0.2) is 4.79 Å². The summed E-state index contributed by atoms with van der Waals surface area (Å²) in [5, 5.41) is 0. The molecule has 1 heterocycles. The Morgan fingerprint density at radius 1 is 0.842 bits per heavy atom. The Morgan fingerprint density at radius 3 is 1.82 bits per heavy atom. The number of hydrogen-bond acceptors (Lipinski definition) is 4. The third-order valence-corrected chi connectivity index (χ3v) is 8.09. The maximum atomic E-state index is 13.3. The van der Waals surface area contributed by atoms with E-state index in [9.17, 15) is 14.4 Å². The molecule has 1 amide bonds. The van der Waals surface area contributed by atoms with Crippen molar-refractivity contribution in [2.75, 3.05) is 18.8 Å². The minimum Gasteiger partial charge on any atom is -0.340 e. The molecular weight excluding hydrogens is 494 g/mol. The topological polar surface area (TPSA) is 75.2 Å². The molecule has 1 N–H and O–H groups in total. The number of carbonyl (C=O) groups excluding carboxylic acids is 1. The molecule has 38 heavy (non-hydrogen) atoms. The number of thioether (sulfide) groups is 1. The number of carbonyl (C=O) groups is 1. The van der Waals surface area contributed by atoms with E-state index < -0.39 is 16.0 Å². The Hall–Kier alpha value is -3.84. The summed E-state index contributed by atoms with van der Waals surface area (Å²) in [5.41, 5.74) is 2.91. The van der Waals surface area contributed by atoms with Gasteiger partial charge in [-0.15, -0.1) is 11.8 Å². The lowest BCUT2D eigenvalue weighted by Gasteiger charge is -2.36. The van der Waals surface area contributed by atoms with Crippen LogP contribution in [-0.2, 0) is 16.1 Å². The second-order valence-corrected chi connectivity index (χ2v) is 10.5. The lowest BCUT2D eigenvalue weighted by atomic mass is 9.84. The van der Waals surface area contributed by atoms with Crippen LogP contribution in [0, 0.1) is 6.92 Å². The number of amides is 1. The molecule has 6 nitrogen and oxygen atoms in total. The summed E-state index contributed by atoms with van der Waals surface area (Å²) in [5.74, 6) is 0.537. The smallest absolute Gasteiger partial charge is 0.328 e. The van der Waals surface area contributed by atoms with Crippen LogP contribution in [0.15, 0.2) is 107 Å². The van der Waals surface area contributed by atoms with Crippen molar-refractivity contribution in [3.63, 3.8) is 0 Å². The van der Waals surface area contributed by atoms with Gasteiger partial charge in [-0.2, -0.15) is 0 Å². The van der Waals surface area contributed by atoms with Gasteiger partial charge in [0.1, 0.15) is 6.54 Å². The zero-order chi connectivity index (χ0) is 27.0. The third-order valence-electron chi connectivity index (χ3n) is 6.56. The van der Waals surface area contributed by atoms with Gasteiger partial charge in [0.2, 0.25) is 5.91 Å². The molecule has 4 aromatic rings. The first-order valence-electron chi connectivity index (χ1n) is 12.8. The number of aromatic amines is 1. The van der Waals surface area contributed by atoms with Gasteiger partial charge in [-0.05, 0) is 30.0 Å². The van der Waals surface area contributed by atoms with Crippen LogP contribution in [-0.4, -0.2) is 39.2 Å². The van der Waals surface area contributed by atoms with Gasteiger partial charge in [0.25, 0.3) is 5.56 Å². The zero-order valence-corrected chi connectivity index (χ0v) is 22.6. The van der Waals surface area contributed by atoms with Crippen molar-refractivity contribution in [1.82, 2.24) is 14.5 Å². The second-order valence-electron chi connectivity index (χ2n) is 9.21. The van der Waals surface area contributed by atoms with Crippen LogP contribution in [0.2, 0.25) is 0 Å². The highest BCUT2D eigenvalue weighted by Gasteiger charge is 2.36. The fraction of sp³-hybridized carbons (Fsp3) is 0.258. The van der Waals surface area contributed by atoms with Crippen molar-refractivity contribution in [2.24, 2.45) is 0 Å². The summed E-state index contributed by atoms with van der Waals surface area (Å²) in [6, 6.07) is 31.4. The Bertz CT molecular complexity index is 1350. The Balaban J connectivity index is 1.63. The molecule has 196 valence electrons. The Kier molecular flexibility index (Phi) is 9.02. The molecule has 0 aliphatic rings. The molecule has 0 saturated heterocycles. The van der Waals surface area contributed by atoms with E-state index in [-0.39, 0.29) is 12.5 Å². The number of aryl methyl sites for hydroxylation is 1. The summed E-state index contributed by atoms with van der Waals surface area (Å²) in [7, 11) is 0. The van der Waals surface area contributed by atoms with E-state index in [4.69, 9.17) is 0 Å². The number of rotatable bonds is 11. The van der Waals surface area contributed by atoms with Crippen molar-refractivity contribution in [2.45, 2.75) is 31.6 Å². The van der Waals surface area contributed by atoms with E-state index in [0.717, 1.165) is 6.42 Å². The maximum Gasteiger partial charge on any atom is 0.328 e. The van der Waals surface area contributed by atoms with Crippen LogP contribution in [0.25, 0.3) is 0 Å². The van der Waals surface area contributed by atoms with E-state index >= 15 is 0 Å². The van der Waals surface area contributed by atoms with Crippen molar-refractivity contribution >= 4 is 17.7 Å². The number of H-pyrrole nitrogens is 1. The van der Waals surface area contributed by atoms with Crippen molar-refractivity contribution in [3.8, 4) is 0 Å². The highest BCUT2D eigenvalue weighted by Crippen LogP contribution is 2.48. The standard InChI is InChI=1S/C31H33N3O3S/c1-3-19-33(28(35)23-34-22-24(2)29(36)32-30(34)37)20-21-38-31(25-13-7-4-8-14-25,26-15-9-5-10-16-26)27-17-11-6-12-18-27/h4-18,22H,3,19-21,23H2,1-2H3,(H,32,36,37). The lowest BCUT2D eigenvalue weighted by molar-refractivity contribution is -0.131. The van der Waals surface area contributed by atoms with Crippen LogP contribution in [0.3, 0.4) is 0 Å². The third kappa shape index (κ3) is 6.00. The Morgan fingerprint density at radius 2 is 1.34 bits per heavy atom. The van der Waals surface area contributed by atoms with Crippen LogP contribution >= 0.6 is 11.8 Å². The monoisotopic (exact) mass is 527 g/mol. The van der Waals surface area contributed by atoms with Crippen molar-refractivity contribution in [1.29, 1.82) is 0 Å². The molecule has 0 fully saturated rings. The zero-order valence-electron chi connectivity index (χ0n) is 21.8. The molecule has 1 aromatic heterocycles. The van der Waals surface area contributed by atoms with E-state index in [2.05, 4.69) is 77.8 Å². The molecule has 0 unspecified atom stereocenters. The lowest BCUT2D eigenvalue weighted by Crippen LogP contribution is -2.40. The van der Waals surface area contributed by atoms with Crippen LogP contribution in [0.1, 0.15) is 35.6 Å². The fourth-order valence-corrected chi connectivity index (χ4v) is 6.22. The maximum absolute atomic E-state index is 13.3. The fourth-order valence-electron chi connectivity index (χ4n) is 4.69. The molecular formula is C31H33N3O3S. The summed E-state index contributed by atoms with van der Waals surface area (Å²) in [6.45, 7) is 4.67. The number of aromatic nitrogens is 2. The van der Waals surface area contributed by atoms with E-state index in [1.807, 2.05) is 30.0 Å². The summed E-state index contributed by atoms with van der Waals surface area (Å²) in [6.07, 6.45) is 2.25. The molecule has 0 aliphatic carbocycles. The first-order valence-corrected chi connectivity index (χ1v) is 13.8. The summed E-state index contributed by atoms with van der Waals surface area (Å²) < 4.78 is 0.814. The number of nitrogens with zero attached hydrogens (tertiary/aromatic N) is 2. The van der Waals surface area contributed by atoms with E-state index in [0.29, 0.717) is 24.4 Å². The number of benzene rings is 3. The van der Waals surface area contributed by atoms with Gasteiger partial charge in [0.05, 0.1) is 4.75 Å². The largest absolute Gasteiger partial charge is 0.340 e. The molecule has 0 spiro atoms. The molecule has 0 atom stereocenters. The van der Waals surface area contributed by atoms with Crippen LogP contribution in [0.5, 0.6) is 0 Å². The predicted octanol–water partition coefficient (Wildman–Crippen LogP) is 4.81. The molecule has 3 aromatic carbocycles. The molecule has 0 bridgehead atoms. The van der Waals surface area contributed by atoms with Crippen LogP contribution < -0.4 is 11.2 Å². The number of nitrogens with one attached hydrogen (secondary N) is 1. The van der Waals surface area contributed by atoms with Gasteiger partial charge < -0.3 is 4.90 Å². The van der Waals surface area contributed by atoms with Gasteiger partial charge in [-0.1, -0.05) is 97.9 Å². The van der Waals surface area contributed by atoms with Gasteiger partial charge in [-0.3, -0.25) is 19.1 Å². The van der Waals surface area contributed by atoms with E-state index in [1.165, 1.54) is 27.5 Å². The SMILES string of the molecule is CCCN(CCSC(c1ccccc1)(c1ccccc1)c1ccccc1)C(=O)Cn1cc(C)c(=O)[nH]c1=O. The van der Waals surface area contributed by atoms with Gasteiger partial charge in [0, 0.05) is 30.6 Å². The molecule has 4 rings (SSSR count). The second kappa shape index (κ2) is 12.6. The van der Waals surface area contributed by atoms with Gasteiger partial charge in [0.15, 0.2) is 0 Å².